The van der Waals surface area contributed by atoms with E-state index < -0.39 is 0 Å². The molecule has 0 heterocycles. The van der Waals surface area contributed by atoms with E-state index in [4.69, 9.17) is 21.1 Å². The Bertz CT molecular complexity index is 743. The van der Waals surface area contributed by atoms with Crippen LogP contribution in [0.15, 0.2) is 53.5 Å². The number of guanidine groups is 1. The van der Waals surface area contributed by atoms with Crippen LogP contribution >= 0.6 is 35.6 Å². The van der Waals surface area contributed by atoms with Crippen molar-refractivity contribution in [2.24, 2.45) is 4.99 Å². The monoisotopic (exact) mass is 517 g/mol. The molecule has 2 N–H and O–H groups in total. The first kappa shape index (κ1) is 24.5. The highest BCUT2D eigenvalue weighted by Crippen LogP contribution is 2.22. The minimum atomic E-state index is 0. The van der Waals surface area contributed by atoms with Gasteiger partial charge >= 0.3 is 0 Å². The normalized spacial score (nSPS) is 12.1. The minimum Gasteiger partial charge on any atom is -0.493 e. The Balaban J connectivity index is 0.00000392. The van der Waals surface area contributed by atoms with Gasteiger partial charge in [-0.25, -0.2) is 0 Å². The van der Waals surface area contributed by atoms with Crippen LogP contribution in [0.4, 0.5) is 0 Å². The van der Waals surface area contributed by atoms with E-state index in [1.165, 1.54) is 0 Å². The number of methoxy groups -OCH3 is 1. The molecule has 0 radical (unpaired) electrons. The lowest BCUT2D eigenvalue weighted by Crippen LogP contribution is -2.38. The summed E-state index contributed by atoms with van der Waals surface area (Å²) in [4.78, 5) is 4.30. The van der Waals surface area contributed by atoms with Gasteiger partial charge in [0.1, 0.15) is 5.75 Å². The molecule has 28 heavy (non-hydrogen) atoms. The van der Waals surface area contributed by atoms with Crippen LogP contribution in [-0.2, 0) is 11.3 Å². The molecule has 0 aliphatic rings. The van der Waals surface area contributed by atoms with Gasteiger partial charge in [-0.1, -0.05) is 41.9 Å². The number of hydrogen-bond acceptors (Lipinski definition) is 3. The SMILES string of the molecule is CN=C(NCc1cccc(OCCCOC)c1)NC(C)c1ccccc1Cl.I. The number of halogens is 2. The molecular formula is C21H29ClIN3O2. The zero-order valence-electron chi connectivity index (χ0n) is 16.6. The summed E-state index contributed by atoms with van der Waals surface area (Å²) in [5, 5.41) is 7.44. The van der Waals surface area contributed by atoms with Crippen molar-refractivity contribution in [3.63, 3.8) is 0 Å². The second kappa shape index (κ2) is 13.6. The van der Waals surface area contributed by atoms with E-state index in [0.29, 0.717) is 25.7 Å². The Morgan fingerprint density at radius 1 is 1.14 bits per heavy atom. The number of benzene rings is 2. The van der Waals surface area contributed by atoms with Crippen molar-refractivity contribution in [1.29, 1.82) is 0 Å². The van der Waals surface area contributed by atoms with Crippen LogP contribution in [0.2, 0.25) is 5.02 Å². The van der Waals surface area contributed by atoms with Gasteiger partial charge in [0.25, 0.3) is 0 Å². The van der Waals surface area contributed by atoms with Crippen molar-refractivity contribution < 1.29 is 9.47 Å². The molecule has 0 spiro atoms. The van der Waals surface area contributed by atoms with Gasteiger partial charge in [0.15, 0.2) is 5.96 Å². The molecule has 0 aromatic heterocycles. The highest BCUT2D eigenvalue weighted by Gasteiger charge is 2.10. The molecule has 0 saturated heterocycles. The maximum atomic E-state index is 6.28. The second-order valence-corrected chi connectivity index (χ2v) is 6.56. The van der Waals surface area contributed by atoms with E-state index in [0.717, 1.165) is 28.3 Å². The average Bonchev–Trinajstić information content (AvgIpc) is 2.69. The summed E-state index contributed by atoms with van der Waals surface area (Å²) < 4.78 is 10.8. The molecule has 1 unspecified atom stereocenters. The summed E-state index contributed by atoms with van der Waals surface area (Å²) in [5.74, 6) is 1.58. The summed E-state index contributed by atoms with van der Waals surface area (Å²) >= 11 is 6.28. The first-order valence-electron chi connectivity index (χ1n) is 9.06. The number of nitrogens with zero attached hydrogens (tertiary/aromatic N) is 1. The van der Waals surface area contributed by atoms with E-state index in [1.807, 2.05) is 42.5 Å². The summed E-state index contributed by atoms with van der Waals surface area (Å²) in [5.41, 5.74) is 2.15. The Hall–Kier alpha value is -1.51. The molecule has 0 fully saturated rings. The second-order valence-electron chi connectivity index (χ2n) is 6.16. The van der Waals surface area contributed by atoms with Gasteiger partial charge in [-0.2, -0.15) is 0 Å². The average molecular weight is 518 g/mol. The van der Waals surface area contributed by atoms with Gasteiger partial charge in [-0.15, -0.1) is 24.0 Å². The van der Waals surface area contributed by atoms with E-state index in [1.54, 1.807) is 14.2 Å². The third kappa shape index (κ3) is 8.24. The Morgan fingerprint density at radius 3 is 2.64 bits per heavy atom. The van der Waals surface area contributed by atoms with Gasteiger partial charge in [0.05, 0.1) is 12.6 Å². The molecule has 7 heteroatoms. The molecule has 0 saturated carbocycles. The fourth-order valence-corrected chi connectivity index (χ4v) is 2.93. The number of hydrogen-bond donors (Lipinski definition) is 2. The summed E-state index contributed by atoms with van der Waals surface area (Å²) in [6.07, 6.45) is 0.871. The zero-order valence-corrected chi connectivity index (χ0v) is 19.7. The third-order valence-corrected chi connectivity index (χ3v) is 4.41. The van der Waals surface area contributed by atoms with Gasteiger partial charge in [-0.05, 0) is 36.2 Å². The van der Waals surface area contributed by atoms with Crippen molar-refractivity contribution in [2.75, 3.05) is 27.4 Å². The molecule has 2 aromatic carbocycles. The highest BCUT2D eigenvalue weighted by molar-refractivity contribution is 14.0. The van der Waals surface area contributed by atoms with Crippen LogP contribution in [0.1, 0.15) is 30.5 Å². The van der Waals surface area contributed by atoms with Crippen LogP contribution in [0, 0.1) is 0 Å². The number of aliphatic imine (C=N–C) groups is 1. The molecule has 2 aromatic rings. The standard InChI is InChI=1S/C21H28ClN3O2.HI/c1-16(19-10-4-5-11-20(19)22)25-21(23-2)24-15-17-8-6-9-18(14-17)27-13-7-12-26-3;/h4-6,8-11,14,16H,7,12-13,15H2,1-3H3,(H2,23,24,25);1H. The fourth-order valence-electron chi connectivity index (χ4n) is 2.63. The molecule has 0 amide bonds. The maximum absolute atomic E-state index is 6.28. The summed E-state index contributed by atoms with van der Waals surface area (Å²) in [7, 11) is 3.45. The van der Waals surface area contributed by atoms with Crippen molar-refractivity contribution in [2.45, 2.75) is 25.9 Å². The Labute approximate surface area is 189 Å². The van der Waals surface area contributed by atoms with Crippen LogP contribution in [0.3, 0.4) is 0 Å². The number of ether oxygens (including phenoxy) is 2. The predicted molar refractivity (Wildman–Crippen MR) is 127 cm³/mol. The number of nitrogens with one attached hydrogen (secondary N) is 2. The summed E-state index contributed by atoms with van der Waals surface area (Å²) in [6.45, 7) is 4.04. The minimum absolute atomic E-state index is 0. The molecule has 154 valence electrons. The van der Waals surface area contributed by atoms with Crippen LogP contribution in [-0.4, -0.2) is 33.3 Å². The molecule has 0 aliphatic heterocycles. The van der Waals surface area contributed by atoms with Crippen molar-refractivity contribution in [3.8, 4) is 5.75 Å². The van der Waals surface area contributed by atoms with Crippen LogP contribution in [0.5, 0.6) is 5.75 Å². The molecule has 2 rings (SSSR count). The topological polar surface area (TPSA) is 54.9 Å². The Morgan fingerprint density at radius 2 is 1.93 bits per heavy atom. The fraction of sp³-hybridized carbons (Fsp3) is 0.381. The summed E-state index contributed by atoms with van der Waals surface area (Å²) in [6, 6.07) is 15.9. The molecule has 0 bridgehead atoms. The molecule has 1 atom stereocenters. The molecule has 0 aliphatic carbocycles. The van der Waals surface area contributed by atoms with Crippen LogP contribution < -0.4 is 15.4 Å². The lowest BCUT2D eigenvalue weighted by atomic mass is 10.1. The number of rotatable bonds is 9. The van der Waals surface area contributed by atoms with Crippen molar-refractivity contribution in [1.82, 2.24) is 10.6 Å². The Kier molecular flexibility index (Phi) is 11.9. The lowest BCUT2D eigenvalue weighted by molar-refractivity contribution is 0.172. The molecular weight excluding hydrogens is 489 g/mol. The maximum Gasteiger partial charge on any atom is 0.191 e. The van der Waals surface area contributed by atoms with Gasteiger partial charge in [0, 0.05) is 38.8 Å². The van der Waals surface area contributed by atoms with Crippen LogP contribution in [0.25, 0.3) is 0 Å². The van der Waals surface area contributed by atoms with Crippen molar-refractivity contribution >= 4 is 41.5 Å². The lowest BCUT2D eigenvalue weighted by Gasteiger charge is -2.19. The van der Waals surface area contributed by atoms with E-state index >= 15 is 0 Å². The van der Waals surface area contributed by atoms with Crippen molar-refractivity contribution in [3.05, 3.63) is 64.7 Å². The first-order valence-corrected chi connectivity index (χ1v) is 9.44. The van der Waals surface area contributed by atoms with E-state index in [-0.39, 0.29) is 30.0 Å². The van der Waals surface area contributed by atoms with Gasteiger partial charge in [-0.3, -0.25) is 4.99 Å². The largest absolute Gasteiger partial charge is 0.493 e. The van der Waals surface area contributed by atoms with E-state index in [9.17, 15) is 0 Å². The molecule has 5 nitrogen and oxygen atoms in total. The van der Waals surface area contributed by atoms with Gasteiger partial charge < -0.3 is 20.1 Å². The third-order valence-electron chi connectivity index (χ3n) is 4.07. The first-order chi connectivity index (χ1) is 13.1. The predicted octanol–water partition coefficient (Wildman–Crippen LogP) is 4.80. The van der Waals surface area contributed by atoms with E-state index in [2.05, 4.69) is 28.6 Å². The van der Waals surface area contributed by atoms with Gasteiger partial charge in [0.2, 0.25) is 0 Å². The highest BCUT2D eigenvalue weighted by atomic mass is 127. The smallest absolute Gasteiger partial charge is 0.191 e. The zero-order chi connectivity index (χ0) is 19.5. The quantitative estimate of drug-likeness (QED) is 0.217.